The molecule has 2 aromatic carbocycles. The van der Waals surface area contributed by atoms with Gasteiger partial charge in [-0.1, -0.05) is 47.5 Å². The summed E-state index contributed by atoms with van der Waals surface area (Å²) in [5, 5.41) is 11.4. The molecule has 28 heavy (non-hydrogen) atoms. The summed E-state index contributed by atoms with van der Waals surface area (Å²) in [5.41, 5.74) is 1.90. The van der Waals surface area contributed by atoms with E-state index in [1.807, 2.05) is 24.3 Å². The lowest BCUT2D eigenvalue weighted by atomic mass is 10.2. The highest BCUT2D eigenvalue weighted by Crippen LogP contribution is 2.16. The van der Waals surface area contributed by atoms with Gasteiger partial charge in [0.25, 0.3) is 10.0 Å². The first-order chi connectivity index (χ1) is 13.4. The zero-order valence-corrected chi connectivity index (χ0v) is 17.4. The summed E-state index contributed by atoms with van der Waals surface area (Å²) in [6, 6.07) is 14.5. The van der Waals surface area contributed by atoms with Gasteiger partial charge in [-0.05, 0) is 42.3 Å². The summed E-state index contributed by atoms with van der Waals surface area (Å²) in [6.07, 6.45) is 0. The fourth-order valence-corrected chi connectivity index (χ4v) is 3.43. The molecular weight excluding hydrogens is 421 g/mol. The summed E-state index contributed by atoms with van der Waals surface area (Å²) in [6.45, 7) is 2.37. The monoisotopic (exact) mass is 439 g/mol. The molecule has 0 saturated carbocycles. The molecule has 7 nitrogen and oxygen atoms in total. The Balaban J connectivity index is 1.77. The van der Waals surface area contributed by atoms with Crippen molar-refractivity contribution in [3.8, 4) is 0 Å². The predicted molar refractivity (Wildman–Crippen MR) is 112 cm³/mol. The Morgan fingerprint density at radius 1 is 0.893 bits per heavy atom. The van der Waals surface area contributed by atoms with Gasteiger partial charge in [-0.3, -0.25) is 0 Å². The molecule has 10 heteroatoms. The Hall–Kier alpha value is -2.29. The average molecular weight is 440 g/mol. The minimum absolute atomic E-state index is 0.0946. The van der Waals surface area contributed by atoms with Crippen LogP contribution < -0.4 is 10.6 Å². The third kappa shape index (κ3) is 5.15. The lowest BCUT2D eigenvalue weighted by molar-refractivity contribution is 0.582. The van der Waals surface area contributed by atoms with Gasteiger partial charge in [0, 0.05) is 23.1 Å². The van der Waals surface area contributed by atoms with Crippen molar-refractivity contribution in [1.29, 1.82) is 0 Å². The molecule has 148 valence electrons. The van der Waals surface area contributed by atoms with Crippen LogP contribution in [-0.2, 0) is 23.1 Å². The highest BCUT2D eigenvalue weighted by Gasteiger charge is 2.20. The maximum absolute atomic E-state index is 12.4. The minimum Gasteiger partial charge on any atom is -0.349 e. The van der Waals surface area contributed by atoms with Gasteiger partial charge in [0.1, 0.15) is 0 Å². The first-order valence-corrected chi connectivity index (χ1v) is 10.9. The fourth-order valence-electron chi connectivity index (χ4n) is 2.36. The molecule has 0 spiro atoms. The summed E-state index contributed by atoms with van der Waals surface area (Å²) >= 11 is 11.8. The van der Waals surface area contributed by atoms with E-state index < -0.39 is 10.0 Å². The fraction of sp³-hybridized carbons (Fsp3) is 0.222. The molecular formula is C18H19Cl2N5O2S. The van der Waals surface area contributed by atoms with E-state index in [-0.39, 0.29) is 17.6 Å². The molecule has 3 rings (SSSR count). The van der Waals surface area contributed by atoms with Crippen molar-refractivity contribution in [2.24, 2.45) is 0 Å². The van der Waals surface area contributed by atoms with E-state index in [0.717, 1.165) is 15.2 Å². The first-order valence-electron chi connectivity index (χ1n) is 8.54. The number of nitrogens with zero attached hydrogens (tertiary/aromatic N) is 3. The number of hydrogen-bond donors (Lipinski definition) is 2. The smallest absolute Gasteiger partial charge is 0.256 e. The van der Waals surface area contributed by atoms with Gasteiger partial charge in [0.15, 0.2) is 0 Å². The van der Waals surface area contributed by atoms with E-state index in [0.29, 0.717) is 23.1 Å². The molecule has 3 aromatic rings. The summed E-state index contributed by atoms with van der Waals surface area (Å²) < 4.78 is 25.7. The highest BCUT2D eigenvalue weighted by atomic mass is 35.5. The van der Waals surface area contributed by atoms with Crippen LogP contribution in [0.15, 0.2) is 48.5 Å². The van der Waals surface area contributed by atoms with Crippen molar-refractivity contribution < 1.29 is 8.42 Å². The van der Waals surface area contributed by atoms with Crippen molar-refractivity contribution in [1.82, 2.24) is 14.2 Å². The van der Waals surface area contributed by atoms with E-state index in [1.165, 1.54) is 0 Å². The Morgan fingerprint density at radius 2 is 1.39 bits per heavy atom. The molecule has 0 aliphatic carbocycles. The number of nitrogens with one attached hydrogen (secondary N) is 2. The number of benzene rings is 2. The second-order valence-corrected chi connectivity index (χ2v) is 8.92. The van der Waals surface area contributed by atoms with Crippen LogP contribution in [-0.4, -0.2) is 28.3 Å². The van der Waals surface area contributed by atoms with Gasteiger partial charge >= 0.3 is 0 Å². The Bertz CT molecular complexity index is 1030. The third-order valence-electron chi connectivity index (χ3n) is 3.93. The lowest BCUT2D eigenvalue weighted by Crippen LogP contribution is -2.19. The summed E-state index contributed by atoms with van der Waals surface area (Å²) in [7, 11) is -3.61. The van der Waals surface area contributed by atoms with Crippen LogP contribution in [0.25, 0.3) is 0 Å². The van der Waals surface area contributed by atoms with Crippen LogP contribution in [0.1, 0.15) is 18.1 Å². The molecule has 0 aliphatic rings. The Kier molecular flexibility index (Phi) is 6.43. The number of rotatable bonds is 8. The van der Waals surface area contributed by atoms with Crippen molar-refractivity contribution in [2.75, 3.05) is 16.4 Å². The van der Waals surface area contributed by atoms with Crippen LogP contribution >= 0.6 is 23.2 Å². The summed E-state index contributed by atoms with van der Waals surface area (Å²) in [4.78, 5) is 4.29. The van der Waals surface area contributed by atoms with Gasteiger partial charge in [0.05, 0.1) is 5.75 Å². The molecule has 0 bridgehead atoms. The van der Waals surface area contributed by atoms with E-state index in [1.54, 1.807) is 31.2 Å². The van der Waals surface area contributed by atoms with Crippen LogP contribution in [0.4, 0.5) is 11.9 Å². The maximum Gasteiger partial charge on any atom is 0.256 e. The molecule has 0 amide bonds. The van der Waals surface area contributed by atoms with Gasteiger partial charge in [0.2, 0.25) is 11.9 Å². The summed E-state index contributed by atoms with van der Waals surface area (Å²) in [5.74, 6) is 0.267. The van der Waals surface area contributed by atoms with Gasteiger partial charge < -0.3 is 10.6 Å². The van der Waals surface area contributed by atoms with E-state index in [2.05, 4.69) is 20.7 Å². The Labute approximate surface area is 173 Å². The lowest BCUT2D eigenvalue weighted by Gasteiger charge is -2.07. The molecule has 2 N–H and O–H groups in total. The molecule has 1 heterocycles. The van der Waals surface area contributed by atoms with Crippen LogP contribution in [0.2, 0.25) is 10.0 Å². The largest absolute Gasteiger partial charge is 0.349 e. The van der Waals surface area contributed by atoms with Crippen molar-refractivity contribution in [3.63, 3.8) is 0 Å². The third-order valence-corrected chi connectivity index (χ3v) is 5.95. The van der Waals surface area contributed by atoms with Crippen molar-refractivity contribution in [2.45, 2.75) is 20.0 Å². The molecule has 1 aromatic heterocycles. The van der Waals surface area contributed by atoms with Gasteiger partial charge in [-0.2, -0.15) is 4.98 Å². The highest BCUT2D eigenvalue weighted by molar-refractivity contribution is 7.89. The van der Waals surface area contributed by atoms with Gasteiger partial charge in [-0.15, -0.1) is 9.19 Å². The van der Waals surface area contributed by atoms with Crippen molar-refractivity contribution in [3.05, 3.63) is 69.7 Å². The van der Waals surface area contributed by atoms with E-state index >= 15 is 0 Å². The first kappa shape index (κ1) is 20.4. The van der Waals surface area contributed by atoms with Crippen LogP contribution in [0.5, 0.6) is 0 Å². The zero-order chi connectivity index (χ0) is 20.1. The molecule has 0 unspecified atom stereocenters. The number of aromatic nitrogens is 3. The van der Waals surface area contributed by atoms with Crippen LogP contribution in [0.3, 0.4) is 0 Å². The molecule has 0 atom stereocenters. The minimum atomic E-state index is -3.61. The molecule has 0 aliphatic heterocycles. The van der Waals surface area contributed by atoms with Crippen molar-refractivity contribution >= 4 is 45.1 Å². The number of halogens is 2. The second-order valence-electron chi connectivity index (χ2n) is 5.96. The normalized spacial score (nSPS) is 11.4. The number of anilines is 2. The van der Waals surface area contributed by atoms with Gasteiger partial charge in [-0.25, -0.2) is 8.42 Å². The topological polar surface area (TPSA) is 88.9 Å². The average Bonchev–Trinajstić information content (AvgIpc) is 3.11. The standard InChI is InChI=1S/C18H19Cl2N5O2S/c1-2-28(26,27)25-18(22-12-14-5-9-16(20)10-6-14)23-17(24-25)21-11-13-3-7-15(19)8-4-13/h3-10H,2,11-12H2,1H3,(H2,21,22,23,24). The quantitative estimate of drug-likeness (QED) is 0.550. The zero-order valence-electron chi connectivity index (χ0n) is 15.1. The maximum atomic E-state index is 12.4. The van der Waals surface area contributed by atoms with E-state index in [4.69, 9.17) is 23.2 Å². The predicted octanol–water partition coefficient (Wildman–Crippen LogP) is 4.01. The second kappa shape index (κ2) is 8.81. The molecule has 0 radical (unpaired) electrons. The molecule has 0 fully saturated rings. The Morgan fingerprint density at radius 3 is 1.89 bits per heavy atom. The molecule has 0 saturated heterocycles. The SMILES string of the molecule is CCS(=O)(=O)n1nc(NCc2ccc(Cl)cc2)nc1NCc1ccc(Cl)cc1. The number of hydrogen-bond acceptors (Lipinski definition) is 6. The van der Waals surface area contributed by atoms with Crippen LogP contribution in [0, 0.1) is 0 Å². The van der Waals surface area contributed by atoms with E-state index in [9.17, 15) is 8.42 Å².